The smallest absolute Gasteiger partial charge is 0.100 e. The predicted molar refractivity (Wildman–Crippen MR) is 92.6 cm³/mol. The molecule has 0 bridgehead atoms. The van der Waals surface area contributed by atoms with E-state index in [0.29, 0.717) is 6.04 Å². The first-order chi connectivity index (χ1) is 10.9. The van der Waals surface area contributed by atoms with Gasteiger partial charge in [-0.3, -0.25) is 0 Å². The number of rotatable bonds is 4. The van der Waals surface area contributed by atoms with E-state index in [1.54, 1.807) is 11.3 Å². The molecule has 2 atom stereocenters. The molecule has 0 saturated carbocycles. The van der Waals surface area contributed by atoms with E-state index in [-0.39, 0.29) is 11.5 Å². The zero-order chi connectivity index (χ0) is 16.4. The van der Waals surface area contributed by atoms with Gasteiger partial charge in [-0.05, 0) is 12.8 Å². The minimum atomic E-state index is 0.131. The second-order valence-electron chi connectivity index (χ2n) is 7.29. The Bertz CT molecular complexity index is 643. The molecular weight excluding hydrogens is 308 g/mol. The molecule has 0 aromatic carbocycles. The minimum absolute atomic E-state index is 0.131. The number of nitrogens with zero attached hydrogens (tertiary/aromatic N) is 3. The van der Waals surface area contributed by atoms with Gasteiger partial charge in [0.2, 0.25) is 0 Å². The van der Waals surface area contributed by atoms with Gasteiger partial charge in [0, 0.05) is 37.0 Å². The molecule has 1 saturated heterocycles. The van der Waals surface area contributed by atoms with Crippen molar-refractivity contribution in [1.82, 2.24) is 19.9 Å². The van der Waals surface area contributed by atoms with Crippen molar-refractivity contribution >= 4 is 11.3 Å². The van der Waals surface area contributed by atoms with Gasteiger partial charge in [-0.1, -0.05) is 20.8 Å². The summed E-state index contributed by atoms with van der Waals surface area (Å²) < 4.78 is 7.96. The second kappa shape index (κ2) is 6.71. The number of imidazole rings is 1. The Morgan fingerprint density at radius 1 is 1.43 bits per heavy atom. The Balaban J connectivity index is 1.56. The molecule has 3 rings (SSSR count). The summed E-state index contributed by atoms with van der Waals surface area (Å²) in [4.78, 5) is 8.95. The van der Waals surface area contributed by atoms with Crippen LogP contribution in [-0.4, -0.2) is 27.2 Å². The fraction of sp³-hybridized carbons (Fsp3) is 0.647. The largest absolute Gasteiger partial charge is 0.372 e. The molecule has 0 radical (unpaired) electrons. The highest BCUT2D eigenvalue weighted by atomic mass is 32.1. The van der Waals surface area contributed by atoms with Crippen molar-refractivity contribution in [3.05, 3.63) is 34.3 Å². The van der Waals surface area contributed by atoms with Crippen LogP contribution in [-0.2, 0) is 23.7 Å². The van der Waals surface area contributed by atoms with Crippen molar-refractivity contribution in [2.75, 3.05) is 6.61 Å². The van der Waals surface area contributed by atoms with Crippen LogP contribution in [0, 0.1) is 0 Å². The van der Waals surface area contributed by atoms with Crippen molar-refractivity contribution in [2.45, 2.75) is 57.7 Å². The van der Waals surface area contributed by atoms with Crippen LogP contribution in [0.2, 0.25) is 0 Å². The molecule has 0 unspecified atom stereocenters. The van der Waals surface area contributed by atoms with E-state index in [1.165, 1.54) is 5.01 Å². The molecule has 1 aliphatic heterocycles. The van der Waals surface area contributed by atoms with Crippen LogP contribution in [0.25, 0.3) is 0 Å². The summed E-state index contributed by atoms with van der Waals surface area (Å²) in [5, 5.41) is 7.02. The molecule has 0 aliphatic carbocycles. The van der Waals surface area contributed by atoms with Crippen LogP contribution in [0.1, 0.15) is 56.1 Å². The molecule has 0 spiro atoms. The van der Waals surface area contributed by atoms with E-state index in [1.807, 2.05) is 24.1 Å². The highest BCUT2D eigenvalue weighted by Crippen LogP contribution is 2.28. The molecule has 126 valence electrons. The zero-order valence-corrected chi connectivity index (χ0v) is 15.2. The van der Waals surface area contributed by atoms with Gasteiger partial charge in [-0.2, -0.15) is 0 Å². The Kier molecular flexibility index (Phi) is 4.85. The molecule has 5 nitrogen and oxygen atoms in total. The minimum Gasteiger partial charge on any atom is -0.372 e. The van der Waals surface area contributed by atoms with Gasteiger partial charge in [0.05, 0.1) is 28.9 Å². The summed E-state index contributed by atoms with van der Waals surface area (Å²) in [6.45, 7) is 8.24. The third-order valence-electron chi connectivity index (χ3n) is 4.23. The number of hydrogen-bond donors (Lipinski definition) is 1. The number of thiazole rings is 1. The summed E-state index contributed by atoms with van der Waals surface area (Å²) in [6.07, 6.45) is 5.90. The van der Waals surface area contributed by atoms with E-state index >= 15 is 0 Å². The lowest BCUT2D eigenvalue weighted by Gasteiger charge is -2.30. The summed E-state index contributed by atoms with van der Waals surface area (Å²) in [6, 6.07) is 0.462. The number of hydrogen-bond acceptors (Lipinski definition) is 5. The number of ether oxygens (including phenoxy) is 1. The van der Waals surface area contributed by atoms with Crippen LogP contribution < -0.4 is 5.32 Å². The van der Waals surface area contributed by atoms with Gasteiger partial charge < -0.3 is 14.6 Å². The lowest BCUT2D eigenvalue weighted by Crippen LogP contribution is -2.36. The number of aromatic nitrogens is 3. The topological polar surface area (TPSA) is 52.0 Å². The fourth-order valence-corrected chi connectivity index (χ4v) is 3.75. The maximum atomic E-state index is 5.92. The van der Waals surface area contributed by atoms with E-state index in [4.69, 9.17) is 9.72 Å². The van der Waals surface area contributed by atoms with Crippen LogP contribution in [0.4, 0.5) is 0 Å². The van der Waals surface area contributed by atoms with Gasteiger partial charge in [0.25, 0.3) is 0 Å². The normalized spacial score (nSPS) is 22.4. The maximum Gasteiger partial charge on any atom is 0.100 e. The average molecular weight is 334 g/mol. The molecule has 2 aromatic heterocycles. The van der Waals surface area contributed by atoms with Crippen molar-refractivity contribution in [2.24, 2.45) is 7.05 Å². The van der Waals surface area contributed by atoms with Gasteiger partial charge in [0.15, 0.2) is 0 Å². The fourth-order valence-electron chi connectivity index (χ4n) is 2.85. The summed E-state index contributed by atoms with van der Waals surface area (Å²) >= 11 is 1.76. The molecule has 1 aliphatic rings. The Morgan fingerprint density at radius 2 is 2.26 bits per heavy atom. The van der Waals surface area contributed by atoms with Gasteiger partial charge in [-0.25, -0.2) is 9.97 Å². The van der Waals surface area contributed by atoms with E-state index in [0.717, 1.165) is 37.4 Å². The molecule has 1 N–H and O–H groups in total. The van der Waals surface area contributed by atoms with Gasteiger partial charge >= 0.3 is 0 Å². The molecule has 1 fully saturated rings. The monoisotopic (exact) mass is 334 g/mol. The van der Waals surface area contributed by atoms with E-state index in [2.05, 4.69) is 36.5 Å². The van der Waals surface area contributed by atoms with Gasteiger partial charge in [0.1, 0.15) is 6.10 Å². The first-order valence-corrected chi connectivity index (χ1v) is 9.07. The molecule has 6 heteroatoms. The van der Waals surface area contributed by atoms with Crippen LogP contribution >= 0.6 is 11.3 Å². The summed E-state index contributed by atoms with van der Waals surface area (Å²) in [5.41, 5.74) is 2.43. The van der Waals surface area contributed by atoms with Crippen molar-refractivity contribution in [1.29, 1.82) is 0 Å². The second-order valence-corrected chi connectivity index (χ2v) is 8.14. The molecule has 23 heavy (non-hydrogen) atoms. The summed E-state index contributed by atoms with van der Waals surface area (Å²) in [7, 11) is 2.02. The molecule has 2 aromatic rings. The third-order valence-corrected chi connectivity index (χ3v) is 5.55. The van der Waals surface area contributed by atoms with Gasteiger partial charge in [-0.15, -0.1) is 11.3 Å². The Morgan fingerprint density at radius 3 is 2.91 bits per heavy atom. The maximum absolute atomic E-state index is 5.92. The first kappa shape index (κ1) is 16.6. The number of aryl methyl sites for hydroxylation is 1. The average Bonchev–Trinajstić information content (AvgIpc) is 3.14. The standard InChI is InChI=1S/C17H26N4OS/c1-17(2,3)16-20-13(10-23-16)8-19-12-5-6-22-15(7-12)14-9-18-11-21(14)4/h9-12,15,19H,5-8H2,1-4H3/t12-,15-/m1/s1. The van der Waals surface area contributed by atoms with E-state index in [9.17, 15) is 0 Å². The Labute approximate surface area is 142 Å². The predicted octanol–water partition coefficient (Wildman–Crippen LogP) is 3.18. The van der Waals surface area contributed by atoms with Crippen LogP contribution in [0.15, 0.2) is 17.9 Å². The quantitative estimate of drug-likeness (QED) is 0.933. The lowest BCUT2D eigenvalue weighted by molar-refractivity contribution is -0.00408. The van der Waals surface area contributed by atoms with Crippen molar-refractivity contribution < 1.29 is 4.74 Å². The molecular formula is C17H26N4OS. The third kappa shape index (κ3) is 4.00. The highest BCUT2D eigenvalue weighted by molar-refractivity contribution is 7.09. The summed E-state index contributed by atoms with van der Waals surface area (Å²) in [5.74, 6) is 0. The zero-order valence-electron chi connectivity index (χ0n) is 14.4. The van der Waals surface area contributed by atoms with Crippen LogP contribution in [0.5, 0.6) is 0 Å². The first-order valence-electron chi connectivity index (χ1n) is 8.19. The van der Waals surface area contributed by atoms with Crippen LogP contribution in [0.3, 0.4) is 0 Å². The number of nitrogens with one attached hydrogen (secondary N) is 1. The lowest BCUT2D eigenvalue weighted by atomic mass is 9.98. The van der Waals surface area contributed by atoms with E-state index < -0.39 is 0 Å². The van der Waals surface area contributed by atoms with Crippen molar-refractivity contribution in [3.8, 4) is 0 Å². The highest BCUT2D eigenvalue weighted by Gasteiger charge is 2.26. The SMILES string of the molecule is Cn1cncc1[C@H]1C[C@H](NCc2csc(C(C)(C)C)n2)CCO1. The van der Waals surface area contributed by atoms with Crippen molar-refractivity contribution in [3.63, 3.8) is 0 Å². The molecule has 3 heterocycles. The molecule has 0 amide bonds. The Hall–Kier alpha value is -1.24.